The minimum absolute atomic E-state index is 0.0630. The van der Waals surface area contributed by atoms with E-state index in [0.717, 1.165) is 0 Å². The Morgan fingerprint density at radius 2 is 1.93 bits per heavy atom. The first-order valence-corrected chi connectivity index (χ1v) is 5.81. The van der Waals surface area contributed by atoms with Gasteiger partial charge in [0.1, 0.15) is 5.60 Å². The first-order chi connectivity index (χ1) is 6.70. The minimum atomic E-state index is -0.848. The predicted octanol–water partition coefficient (Wildman–Crippen LogP) is 1.92. The second kappa shape index (κ2) is 6.00. The van der Waals surface area contributed by atoms with E-state index in [9.17, 15) is 9.59 Å². The molecule has 0 aliphatic heterocycles. The number of hydrogen-bond donors (Lipinski definition) is 1. The lowest BCUT2D eigenvalue weighted by Crippen LogP contribution is -2.25. The highest BCUT2D eigenvalue weighted by atomic mass is 32.2. The maximum absolute atomic E-state index is 11.3. The fourth-order valence-electron chi connectivity index (χ4n) is 0.886. The second-order valence-corrected chi connectivity index (χ2v) is 5.73. The van der Waals surface area contributed by atoms with Gasteiger partial charge >= 0.3 is 11.9 Å². The number of carbonyl (C=O) groups excluding carboxylic acids is 1. The van der Waals surface area contributed by atoms with Crippen LogP contribution < -0.4 is 0 Å². The van der Waals surface area contributed by atoms with E-state index in [1.165, 1.54) is 11.8 Å². The Morgan fingerprint density at radius 1 is 1.40 bits per heavy atom. The van der Waals surface area contributed by atoms with Gasteiger partial charge in [0, 0.05) is 5.25 Å². The summed E-state index contributed by atoms with van der Waals surface area (Å²) in [7, 11) is 0. The van der Waals surface area contributed by atoms with Gasteiger partial charge in [0.15, 0.2) is 0 Å². The van der Waals surface area contributed by atoms with Crippen LogP contribution in [0.25, 0.3) is 0 Å². The van der Waals surface area contributed by atoms with Crippen molar-refractivity contribution in [2.45, 2.75) is 45.0 Å². The summed E-state index contributed by atoms with van der Waals surface area (Å²) in [6, 6.07) is 0. The second-order valence-electron chi connectivity index (χ2n) is 4.31. The van der Waals surface area contributed by atoms with Crippen molar-refractivity contribution >= 4 is 23.7 Å². The number of rotatable bonds is 5. The van der Waals surface area contributed by atoms with Crippen LogP contribution >= 0.6 is 11.8 Å². The monoisotopic (exact) mass is 234 g/mol. The quantitative estimate of drug-likeness (QED) is 0.736. The highest BCUT2D eigenvalue weighted by Gasteiger charge is 2.17. The smallest absolute Gasteiger partial charge is 0.316 e. The van der Waals surface area contributed by atoms with Crippen LogP contribution in [0.5, 0.6) is 0 Å². The summed E-state index contributed by atoms with van der Waals surface area (Å²) >= 11 is 1.30. The van der Waals surface area contributed by atoms with Gasteiger partial charge in [-0.1, -0.05) is 6.92 Å². The lowest BCUT2D eigenvalue weighted by atomic mass is 10.2. The van der Waals surface area contributed by atoms with Crippen molar-refractivity contribution < 1.29 is 19.4 Å². The Bertz CT molecular complexity index is 232. The van der Waals surface area contributed by atoms with Crippen LogP contribution in [0.4, 0.5) is 0 Å². The molecule has 4 nitrogen and oxygen atoms in total. The van der Waals surface area contributed by atoms with Crippen molar-refractivity contribution in [2.24, 2.45) is 0 Å². The molecule has 0 aliphatic rings. The van der Waals surface area contributed by atoms with Gasteiger partial charge < -0.3 is 9.84 Å². The van der Waals surface area contributed by atoms with Gasteiger partial charge in [-0.25, -0.2) is 0 Å². The molecule has 88 valence electrons. The molecule has 0 bridgehead atoms. The van der Waals surface area contributed by atoms with Crippen molar-refractivity contribution in [1.82, 2.24) is 0 Å². The van der Waals surface area contributed by atoms with E-state index < -0.39 is 11.6 Å². The van der Waals surface area contributed by atoms with Crippen molar-refractivity contribution in [3.8, 4) is 0 Å². The number of thioether (sulfide) groups is 1. The molecule has 0 aliphatic carbocycles. The topological polar surface area (TPSA) is 63.6 Å². The zero-order valence-electron chi connectivity index (χ0n) is 9.57. The van der Waals surface area contributed by atoms with Crippen molar-refractivity contribution in [1.29, 1.82) is 0 Å². The van der Waals surface area contributed by atoms with E-state index in [-0.39, 0.29) is 23.4 Å². The van der Waals surface area contributed by atoms with Crippen LogP contribution in [-0.2, 0) is 14.3 Å². The molecule has 0 saturated carbocycles. The molecule has 0 saturated heterocycles. The summed E-state index contributed by atoms with van der Waals surface area (Å²) in [5, 5.41) is 8.43. The van der Waals surface area contributed by atoms with Crippen LogP contribution in [0.1, 0.15) is 34.1 Å². The van der Waals surface area contributed by atoms with E-state index in [0.29, 0.717) is 0 Å². The standard InChI is InChI=1S/C10H18O4S/c1-7(5-8(11)12)15-6-9(13)14-10(2,3)4/h7H,5-6H2,1-4H3,(H,11,12). The van der Waals surface area contributed by atoms with Crippen molar-refractivity contribution in [2.75, 3.05) is 5.75 Å². The van der Waals surface area contributed by atoms with E-state index in [1.807, 2.05) is 0 Å². The maximum Gasteiger partial charge on any atom is 0.316 e. The van der Waals surface area contributed by atoms with Gasteiger partial charge in [0.05, 0.1) is 12.2 Å². The SMILES string of the molecule is CC(CC(=O)O)SCC(=O)OC(C)(C)C. The number of carboxylic acid groups (broad SMARTS) is 1. The molecule has 0 fully saturated rings. The first-order valence-electron chi connectivity index (χ1n) is 4.76. The molecular weight excluding hydrogens is 216 g/mol. The summed E-state index contributed by atoms with van der Waals surface area (Å²) in [5.41, 5.74) is -0.478. The fraction of sp³-hybridized carbons (Fsp3) is 0.800. The highest BCUT2D eigenvalue weighted by molar-refractivity contribution is 8.00. The molecule has 0 aromatic rings. The molecule has 1 unspecified atom stereocenters. The average Bonchev–Trinajstić information content (AvgIpc) is 1.96. The molecular formula is C10H18O4S. The fourth-order valence-corrected chi connectivity index (χ4v) is 1.63. The molecule has 1 N–H and O–H groups in total. The summed E-state index contributed by atoms with van der Waals surface area (Å²) in [5.74, 6) is -0.949. The van der Waals surface area contributed by atoms with Gasteiger partial charge in [0.2, 0.25) is 0 Å². The van der Waals surface area contributed by atoms with E-state index in [2.05, 4.69) is 0 Å². The third-order valence-corrected chi connectivity index (χ3v) is 2.51. The Hall–Kier alpha value is -0.710. The predicted molar refractivity (Wildman–Crippen MR) is 60.0 cm³/mol. The average molecular weight is 234 g/mol. The van der Waals surface area contributed by atoms with Crippen LogP contribution in [0.3, 0.4) is 0 Å². The Balaban J connectivity index is 3.76. The van der Waals surface area contributed by atoms with Gasteiger partial charge in [-0.05, 0) is 20.8 Å². The molecule has 0 heterocycles. The number of aliphatic carboxylic acids is 1. The molecule has 0 spiro atoms. The van der Waals surface area contributed by atoms with Gasteiger partial charge in [0.25, 0.3) is 0 Å². The third kappa shape index (κ3) is 9.59. The molecule has 5 heteroatoms. The molecule has 15 heavy (non-hydrogen) atoms. The van der Waals surface area contributed by atoms with Crippen LogP contribution in [0.2, 0.25) is 0 Å². The van der Waals surface area contributed by atoms with Crippen LogP contribution in [-0.4, -0.2) is 33.6 Å². The molecule has 0 aromatic heterocycles. The number of esters is 1. The maximum atomic E-state index is 11.3. The largest absolute Gasteiger partial charge is 0.481 e. The molecule has 0 radical (unpaired) electrons. The molecule has 0 rings (SSSR count). The molecule has 0 aromatic carbocycles. The summed E-state index contributed by atoms with van der Waals surface area (Å²) in [6.45, 7) is 7.19. The number of hydrogen-bond acceptors (Lipinski definition) is 4. The van der Waals surface area contributed by atoms with Gasteiger partial charge in [-0.3, -0.25) is 9.59 Å². The summed E-state index contributed by atoms with van der Waals surface area (Å²) < 4.78 is 5.09. The lowest BCUT2D eigenvalue weighted by molar-refractivity contribution is -0.151. The number of carbonyl (C=O) groups is 2. The zero-order chi connectivity index (χ0) is 12.1. The number of carboxylic acids is 1. The molecule has 1 atom stereocenters. The first kappa shape index (κ1) is 14.3. The zero-order valence-corrected chi connectivity index (χ0v) is 10.4. The third-order valence-electron chi connectivity index (χ3n) is 1.37. The Labute approximate surface area is 94.4 Å². The lowest BCUT2D eigenvalue weighted by Gasteiger charge is -2.19. The van der Waals surface area contributed by atoms with Crippen LogP contribution in [0.15, 0.2) is 0 Å². The van der Waals surface area contributed by atoms with E-state index in [1.54, 1.807) is 27.7 Å². The van der Waals surface area contributed by atoms with Gasteiger partial charge in [-0.15, -0.1) is 11.8 Å². The molecule has 0 amide bonds. The van der Waals surface area contributed by atoms with E-state index in [4.69, 9.17) is 9.84 Å². The Kier molecular flexibility index (Phi) is 5.72. The minimum Gasteiger partial charge on any atom is -0.481 e. The highest BCUT2D eigenvalue weighted by Crippen LogP contribution is 2.16. The van der Waals surface area contributed by atoms with Crippen molar-refractivity contribution in [3.05, 3.63) is 0 Å². The summed E-state index contributed by atoms with van der Waals surface area (Å²) in [6.07, 6.45) is 0.0630. The van der Waals surface area contributed by atoms with Crippen molar-refractivity contribution in [3.63, 3.8) is 0 Å². The van der Waals surface area contributed by atoms with Gasteiger partial charge in [-0.2, -0.15) is 0 Å². The van der Waals surface area contributed by atoms with Crippen LogP contribution in [0, 0.1) is 0 Å². The number of ether oxygens (including phenoxy) is 1. The summed E-state index contributed by atoms with van der Waals surface area (Å²) in [4.78, 5) is 21.6. The van der Waals surface area contributed by atoms with E-state index >= 15 is 0 Å². The Morgan fingerprint density at radius 3 is 2.33 bits per heavy atom. The normalized spacial score (nSPS) is 13.3.